The molecule has 1 amide bonds. The van der Waals surface area contributed by atoms with Gasteiger partial charge in [0.15, 0.2) is 5.75 Å². The lowest BCUT2D eigenvalue weighted by Gasteiger charge is -2.14. The van der Waals surface area contributed by atoms with Crippen LogP contribution in [0.5, 0.6) is 11.5 Å². The highest BCUT2D eigenvalue weighted by Gasteiger charge is 2.24. The topological polar surface area (TPSA) is 70.9 Å². The van der Waals surface area contributed by atoms with Gasteiger partial charge in [0, 0.05) is 49.6 Å². The van der Waals surface area contributed by atoms with Crippen LogP contribution in [0.4, 0.5) is 5.69 Å². The molecular formula is C22H24ClN5O2S. The Balaban J connectivity index is 1.37. The number of nitrogens with one attached hydrogen (secondary N) is 2. The quantitative estimate of drug-likeness (QED) is 0.484. The minimum Gasteiger partial charge on any atom is -0.455 e. The molecule has 1 aliphatic heterocycles. The van der Waals surface area contributed by atoms with Crippen LogP contribution in [0.1, 0.15) is 41.6 Å². The molecule has 1 aromatic carbocycles. The number of likely N-dealkylation sites (tertiary alicyclic amines) is 1. The zero-order chi connectivity index (χ0) is 21.4. The highest BCUT2D eigenvalue weighted by molar-refractivity contribution is 7.98. The van der Waals surface area contributed by atoms with E-state index in [0.717, 1.165) is 42.7 Å². The van der Waals surface area contributed by atoms with E-state index in [9.17, 15) is 4.79 Å². The standard InChI is InChI=1S/C22H24ClN5O2S/c1-14-17(22(29)27-10-2-3-11-27)13-28-21(14)20(8-9-24-28)30-16-6-7-19(18(23)12-16)26-31-25-15-4-5-15/h6-9,12-13,15,25-26H,2-5,10-11H2,1H3. The average molecular weight is 458 g/mol. The molecular weight excluding hydrogens is 434 g/mol. The molecule has 2 aliphatic rings. The maximum Gasteiger partial charge on any atom is 0.255 e. The monoisotopic (exact) mass is 457 g/mol. The third-order valence-corrected chi connectivity index (χ3v) is 6.73. The van der Waals surface area contributed by atoms with E-state index in [0.29, 0.717) is 28.1 Å². The van der Waals surface area contributed by atoms with Gasteiger partial charge in [-0.25, -0.2) is 9.24 Å². The molecule has 1 saturated heterocycles. The first kappa shape index (κ1) is 20.5. The first-order chi connectivity index (χ1) is 15.1. The second-order valence-corrected chi connectivity index (χ2v) is 9.05. The minimum atomic E-state index is 0.0576. The van der Waals surface area contributed by atoms with Crippen LogP contribution in [0.2, 0.25) is 5.02 Å². The SMILES string of the molecule is Cc1c(C(=O)N2CCCC2)cn2nccc(Oc3ccc(NSNC4CC4)c(Cl)c3)c12. The summed E-state index contributed by atoms with van der Waals surface area (Å²) in [5, 5.41) is 4.95. The number of fused-ring (bicyclic) bond motifs is 1. The van der Waals surface area contributed by atoms with Gasteiger partial charge in [0.25, 0.3) is 5.91 Å². The Morgan fingerprint density at radius 2 is 2.06 bits per heavy atom. The van der Waals surface area contributed by atoms with Crippen molar-refractivity contribution in [2.45, 2.75) is 38.6 Å². The number of aromatic nitrogens is 2. The smallest absolute Gasteiger partial charge is 0.255 e. The fourth-order valence-corrected chi connectivity index (χ4v) is 4.77. The zero-order valence-corrected chi connectivity index (χ0v) is 18.8. The summed E-state index contributed by atoms with van der Waals surface area (Å²) in [5.74, 6) is 1.31. The van der Waals surface area contributed by atoms with E-state index in [4.69, 9.17) is 16.3 Å². The summed E-state index contributed by atoms with van der Waals surface area (Å²) in [7, 11) is 0. The summed E-state index contributed by atoms with van der Waals surface area (Å²) >= 11 is 7.89. The fraction of sp³-hybridized carbons (Fsp3) is 0.364. The third-order valence-electron chi connectivity index (χ3n) is 5.65. The van der Waals surface area contributed by atoms with Crippen LogP contribution >= 0.6 is 23.7 Å². The van der Waals surface area contributed by atoms with Gasteiger partial charge in [0.2, 0.25) is 0 Å². The molecule has 0 spiro atoms. The van der Waals surface area contributed by atoms with E-state index in [1.807, 2.05) is 30.0 Å². The first-order valence-electron chi connectivity index (χ1n) is 10.5. The molecule has 2 fully saturated rings. The van der Waals surface area contributed by atoms with Crippen molar-refractivity contribution in [2.75, 3.05) is 17.8 Å². The lowest BCUT2D eigenvalue weighted by molar-refractivity contribution is 0.0792. The number of carbonyl (C=O) groups is 1. The van der Waals surface area contributed by atoms with Crippen molar-refractivity contribution in [2.24, 2.45) is 0 Å². The lowest BCUT2D eigenvalue weighted by atomic mass is 10.1. The van der Waals surface area contributed by atoms with Crippen LogP contribution in [0.25, 0.3) is 5.52 Å². The Morgan fingerprint density at radius 1 is 1.26 bits per heavy atom. The average Bonchev–Trinajstić information content (AvgIpc) is 3.29. The number of rotatable bonds is 7. The van der Waals surface area contributed by atoms with Crippen molar-refractivity contribution < 1.29 is 9.53 Å². The Hall–Kier alpha value is -2.42. The van der Waals surface area contributed by atoms with Crippen molar-refractivity contribution in [3.05, 3.63) is 52.8 Å². The van der Waals surface area contributed by atoms with Crippen molar-refractivity contribution in [3.63, 3.8) is 0 Å². The van der Waals surface area contributed by atoms with Crippen LogP contribution in [0, 0.1) is 6.92 Å². The molecule has 31 heavy (non-hydrogen) atoms. The Kier molecular flexibility index (Phi) is 5.69. The van der Waals surface area contributed by atoms with E-state index < -0.39 is 0 Å². The fourth-order valence-electron chi connectivity index (χ4n) is 3.75. The van der Waals surface area contributed by atoms with Gasteiger partial charge >= 0.3 is 0 Å². The molecule has 3 aromatic rings. The maximum atomic E-state index is 12.9. The summed E-state index contributed by atoms with van der Waals surface area (Å²) < 4.78 is 14.4. The van der Waals surface area contributed by atoms with E-state index in [1.165, 1.54) is 25.0 Å². The van der Waals surface area contributed by atoms with Crippen molar-refractivity contribution in [3.8, 4) is 11.5 Å². The van der Waals surface area contributed by atoms with Gasteiger partial charge < -0.3 is 14.4 Å². The summed E-state index contributed by atoms with van der Waals surface area (Å²) in [6, 6.07) is 7.96. The highest BCUT2D eigenvalue weighted by Crippen LogP contribution is 2.34. The number of amides is 1. The van der Waals surface area contributed by atoms with Gasteiger partial charge in [-0.1, -0.05) is 11.6 Å². The third kappa shape index (κ3) is 4.33. The number of ether oxygens (including phenoxy) is 1. The van der Waals surface area contributed by atoms with Crippen LogP contribution in [0.15, 0.2) is 36.7 Å². The number of aryl methyl sites for hydroxylation is 1. The van der Waals surface area contributed by atoms with E-state index in [-0.39, 0.29) is 5.91 Å². The second-order valence-electron chi connectivity index (χ2n) is 8.00. The van der Waals surface area contributed by atoms with Gasteiger partial charge in [0.05, 0.1) is 22.5 Å². The lowest BCUT2D eigenvalue weighted by Crippen LogP contribution is -2.27. The Bertz CT molecular complexity index is 1120. The van der Waals surface area contributed by atoms with Crippen molar-refractivity contribution >= 4 is 40.8 Å². The largest absolute Gasteiger partial charge is 0.455 e. The molecule has 0 radical (unpaired) electrons. The van der Waals surface area contributed by atoms with Gasteiger partial charge in [0.1, 0.15) is 11.3 Å². The van der Waals surface area contributed by atoms with Crippen LogP contribution in [0.3, 0.4) is 0 Å². The van der Waals surface area contributed by atoms with Gasteiger partial charge in [-0.05, 0) is 50.3 Å². The highest BCUT2D eigenvalue weighted by atomic mass is 35.5. The molecule has 0 atom stereocenters. The normalized spacial score (nSPS) is 16.1. The van der Waals surface area contributed by atoms with Crippen LogP contribution < -0.4 is 14.2 Å². The predicted octanol–water partition coefficient (Wildman–Crippen LogP) is 5.05. The second kappa shape index (κ2) is 8.61. The van der Waals surface area contributed by atoms with Gasteiger partial charge in [-0.3, -0.25) is 4.79 Å². The van der Waals surface area contributed by atoms with Crippen molar-refractivity contribution in [1.29, 1.82) is 0 Å². The molecule has 2 aromatic heterocycles. The van der Waals surface area contributed by atoms with E-state index >= 15 is 0 Å². The molecule has 3 heterocycles. The van der Waals surface area contributed by atoms with E-state index in [1.54, 1.807) is 23.0 Å². The van der Waals surface area contributed by atoms with E-state index in [2.05, 4.69) is 14.5 Å². The number of benzene rings is 1. The van der Waals surface area contributed by atoms with Crippen molar-refractivity contribution in [1.82, 2.24) is 19.2 Å². The van der Waals surface area contributed by atoms with Gasteiger partial charge in [-0.2, -0.15) is 5.10 Å². The molecule has 9 heteroatoms. The molecule has 0 bridgehead atoms. The predicted molar refractivity (Wildman–Crippen MR) is 124 cm³/mol. The number of hydrogen-bond acceptors (Lipinski definition) is 6. The summed E-state index contributed by atoms with van der Waals surface area (Å²) in [6.07, 6.45) is 8.03. The summed E-state index contributed by atoms with van der Waals surface area (Å²) in [5.41, 5.74) is 3.15. The maximum absolute atomic E-state index is 12.9. The number of hydrogen-bond donors (Lipinski definition) is 2. The molecule has 1 aliphatic carbocycles. The Morgan fingerprint density at radius 3 is 2.81 bits per heavy atom. The first-order valence-corrected chi connectivity index (χ1v) is 11.7. The minimum absolute atomic E-state index is 0.0576. The molecule has 5 rings (SSSR count). The number of carbonyl (C=O) groups excluding carboxylic acids is 1. The number of anilines is 1. The van der Waals surface area contributed by atoms with Crippen LogP contribution in [-0.2, 0) is 0 Å². The van der Waals surface area contributed by atoms with Crippen LogP contribution in [-0.4, -0.2) is 39.6 Å². The molecule has 162 valence electrons. The molecule has 2 N–H and O–H groups in total. The van der Waals surface area contributed by atoms with Gasteiger partial charge in [-0.15, -0.1) is 0 Å². The molecule has 0 unspecified atom stereocenters. The molecule has 1 saturated carbocycles. The Labute approximate surface area is 190 Å². The molecule has 7 nitrogen and oxygen atoms in total. The number of nitrogens with zero attached hydrogens (tertiary/aromatic N) is 3. The number of halogens is 1. The summed E-state index contributed by atoms with van der Waals surface area (Å²) in [4.78, 5) is 14.8. The summed E-state index contributed by atoms with van der Waals surface area (Å²) in [6.45, 7) is 3.57. The zero-order valence-electron chi connectivity index (χ0n) is 17.2.